The lowest BCUT2D eigenvalue weighted by Gasteiger charge is -2.37. The van der Waals surface area contributed by atoms with Crippen LogP contribution in [0.3, 0.4) is 0 Å². The Morgan fingerprint density at radius 3 is 2.80 bits per heavy atom. The van der Waals surface area contributed by atoms with Crippen LogP contribution < -0.4 is 0 Å². The number of ether oxygens (including phenoxy) is 1. The van der Waals surface area contributed by atoms with Crippen molar-refractivity contribution >= 4 is 5.97 Å². The Bertz CT molecular complexity index is 502. The molecule has 4 heteroatoms. The molecule has 4 nitrogen and oxygen atoms in total. The largest absolute Gasteiger partial charge is 0.481 e. The molecular weight excluding hydrogens is 254 g/mol. The Hall–Kier alpha value is -1.39. The van der Waals surface area contributed by atoms with E-state index in [4.69, 9.17) is 4.74 Å². The van der Waals surface area contributed by atoms with E-state index in [1.807, 2.05) is 7.05 Å². The number of carboxylic acids is 1. The number of aliphatic carboxylic acids is 1. The highest BCUT2D eigenvalue weighted by atomic mass is 16.5. The van der Waals surface area contributed by atoms with E-state index >= 15 is 0 Å². The number of rotatable bonds is 3. The minimum absolute atomic E-state index is 0.00256. The van der Waals surface area contributed by atoms with Crippen LogP contribution in [0.15, 0.2) is 24.3 Å². The van der Waals surface area contributed by atoms with Crippen LogP contribution in [0.4, 0.5) is 0 Å². The van der Waals surface area contributed by atoms with Crippen molar-refractivity contribution < 1.29 is 14.6 Å². The molecule has 0 aromatic heterocycles. The summed E-state index contributed by atoms with van der Waals surface area (Å²) in [6, 6.07) is 8.98. The maximum atomic E-state index is 11.3. The maximum Gasteiger partial charge on any atom is 0.310 e. The molecule has 1 fully saturated rings. The van der Waals surface area contributed by atoms with E-state index in [0.717, 1.165) is 19.3 Å². The van der Waals surface area contributed by atoms with Gasteiger partial charge in [0.25, 0.3) is 0 Å². The first kappa shape index (κ1) is 13.6. The molecule has 1 saturated heterocycles. The molecule has 2 aliphatic rings. The summed E-state index contributed by atoms with van der Waals surface area (Å²) in [4.78, 5) is 13.5. The fourth-order valence-corrected chi connectivity index (χ4v) is 3.48. The molecule has 0 saturated carbocycles. The Labute approximate surface area is 119 Å². The van der Waals surface area contributed by atoms with E-state index in [-0.39, 0.29) is 6.04 Å². The lowest BCUT2D eigenvalue weighted by molar-refractivity contribution is -0.143. The second-order valence-electron chi connectivity index (χ2n) is 5.88. The number of carboxylic acid groups (broad SMARTS) is 1. The van der Waals surface area contributed by atoms with Gasteiger partial charge in [0.1, 0.15) is 0 Å². The fourth-order valence-electron chi connectivity index (χ4n) is 3.48. The molecule has 0 spiro atoms. The number of hydrogen-bond donors (Lipinski definition) is 1. The van der Waals surface area contributed by atoms with Gasteiger partial charge in [-0.3, -0.25) is 9.69 Å². The third kappa shape index (κ3) is 2.45. The molecule has 1 N–H and O–H groups in total. The third-order valence-electron chi connectivity index (χ3n) is 4.79. The zero-order valence-corrected chi connectivity index (χ0v) is 11.8. The van der Waals surface area contributed by atoms with Crippen molar-refractivity contribution in [2.24, 2.45) is 5.92 Å². The Morgan fingerprint density at radius 2 is 2.05 bits per heavy atom. The van der Waals surface area contributed by atoms with E-state index in [1.54, 1.807) is 0 Å². The monoisotopic (exact) mass is 275 g/mol. The Morgan fingerprint density at radius 1 is 1.30 bits per heavy atom. The molecule has 108 valence electrons. The number of benzene rings is 1. The zero-order chi connectivity index (χ0) is 14.1. The van der Waals surface area contributed by atoms with Crippen LogP contribution in [0.1, 0.15) is 17.5 Å². The lowest BCUT2D eigenvalue weighted by atomic mass is 9.86. The molecule has 1 aromatic carbocycles. The molecule has 3 unspecified atom stereocenters. The van der Waals surface area contributed by atoms with Crippen LogP contribution in [0.5, 0.6) is 0 Å². The normalized spacial score (nSPS) is 29.4. The first-order valence-corrected chi connectivity index (χ1v) is 7.26. The van der Waals surface area contributed by atoms with E-state index < -0.39 is 11.9 Å². The van der Waals surface area contributed by atoms with Crippen molar-refractivity contribution in [2.45, 2.75) is 31.3 Å². The minimum Gasteiger partial charge on any atom is -0.481 e. The number of hydrogen-bond acceptors (Lipinski definition) is 3. The molecule has 1 aromatic rings. The number of nitrogens with zero attached hydrogens (tertiary/aromatic N) is 1. The first-order chi connectivity index (χ1) is 9.66. The summed E-state index contributed by atoms with van der Waals surface area (Å²) in [7, 11) is 2.05. The second-order valence-corrected chi connectivity index (χ2v) is 5.88. The highest BCUT2D eigenvalue weighted by molar-refractivity contribution is 5.71. The topological polar surface area (TPSA) is 49.8 Å². The van der Waals surface area contributed by atoms with Gasteiger partial charge in [-0.05, 0) is 37.4 Å². The standard InChI is InChI=1S/C16H21NO3/c1-17(15-10-20-9-14(15)16(18)19)13-7-6-11-4-2-3-5-12(11)8-13/h2-5,13-15H,6-10H2,1H3,(H,18,19). The molecule has 1 aliphatic heterocycles. The molecule has 0 amide bonds. The second kappa shape index (κ2) is 5.54. The van der Waals surface area contributed by atoms with Gasteiger partial charge in [0.05, 0.1) is 19.1 Å². The SMILES string of the molecule is CN(C1CCc2ccccc2C1)C1COCC1C(=O)O. The maximum absolute atomic E-state index is 11.3. The van der Waals surface area contributed by atoms with Gasteiger partial charge < -0.3 is 9.84 Å². The molecule has 0 radical (unpaired) electrons. The van der Waals surface area contributed by atoms with Gasteiger partial charge >= 0.3 is 5.97 Å². The summed E-state index contributed by atoms with van der Waals surface area (Å²) in [5.74, 6) is -1.13. The van der Waals surface area contributed by atoms with E-state index in [9.17, 15) is 9.90 Å². The predicted molar refractivity (Wildman–Crippen MR) is 75.8 cm³/mol. The van der Waals surface area contributed by atoms with Crippen LogP contribution in [0.25, 0.3) is 0 Å². The molecular formula is C16H21NO3. The van der Waals surface area contributed by atoms with Gasteiger partial charge in [-0.15, -0.1) is 0 Å². The van der Waals surface area contributed by atoms with Crippen molar-refractivity contribution in [3.8, 4) is 0 Å². The van der Waals surface area contributed by atoms with Gasteiger partial charge in [0.15, 0.2) is 0 Å². The average Bonchev–Trinajstić information content (AvgIpc) is 2.95. The quantitative estimate of drug-likeness (QED) is 0.910. The van der Waals surface area contributed by atoms with Gasteiger partial charge in [-0.1, -0.05) is 24.3 Å². The van der Waals surface area contributed by atoms with Gasteiger partial charge in [-0.25, -0.2) is 0 Å². The van der Waals surface area contributed by atoms with E-state index in [1.165, 1.54) is 11.1 Å². The summed E-state index contributed by atoms with van der Waals surface area (Å²) >= 11 is 0. The Balaban J connectivity index is 1.72. The van der Waals surface area contributed by atoms with Crippen molar-refractivity contribution in [3.05, 3.63) is 35.4 Å². The third-order valence-corrected chi connectivity index (χ3v) is 4.79. The van der Waals surface area contributed by atoms with Crippen LogP contribution in [0, 0.1) is 5.92 Å². The van der Waals surface area contributed by atoms with Crippen LogP contribution >= 0.6 is 0 Å². The molecule has 3 rings (SSSR count). The number of likely N-dealkylation sites (N-methyl/N-ethyl adjacent to an activating group) is 1. The summed E-state index contributed by atoms with van der Waals surface area (Å²) in [6.07, 6.45) is 3.18. The van der Waals surface area contributed by atoms with Crippen LogP contribution in [-0.4, -0.2) is 48.3 Å². The molecule has 3 atom stereocenters. The zero-order valence-electron chi connectivity index (χ0n) is 11.8. The Kier molecular flexibility index (Phi) is 3.76. The van der Waals surface area contributed by atoms with Gasteiger partial charge in [0, 0.05) is 12.1 Å². The van der Waals surface area contributed by atoms with Crippen LogP contribution in [-0.2, 0) is 22.4 Å². The minimum atomic E-state index is -0.740. The number of carbonyl (C=O) groups is 1. The molecule has 1 heterocycles. The first-order valence-electron chi connectivity index (χ1n) is 7.26. The summed E-state index contributed by atoms with van der Waals surface area (Å²) in [5, 5.41) is 9.28. The van der Waals surface area contributed by atoms with Crippen molar-refractivity contribution in [1.82, 2.24) is 4.90 Å². The number of aryl methyl sites for hydroxylation is 1. The van der Waals surface area contributed by atoms with Crippen molar-refractivity contribution in [3.63, 3.8) is 0 Å². The molecule has 1 aliphatic carbocycles. The van der Waals surface area contributed by atoms with E-state index in [2.05, 4.69) is 29.2 Å². The van der Waals surface area contributed by atoms with Crippen LogP contribution in [0.2, 0.25) is 0 Å². The van der Waals surface area contributed by atoms with Gasteiger partial charge in [0.2, 0.25) is 0 Å². The highest BCUT2D eigenvalue weighted by Crippen LogP contribution is 2.28. The fraction of sp³-hybridized carbons (Fsp3) is 0.562. The average molecular weight is 275 g/mol. The predicted octanol–water partition coefficient (Wildman–Crippen LogP) is 1.58. The smallest absolute Gasteiger partial charge is 0.310 e. The van der Waals surface area contributed by atoms with Gasteiger partial charge in [-0.2, -0.15) is 0 Å². The van der Waals surface area contributed by atoms with Crippen molar-refractivity contribution in [2.75, 3.05) is 20.3 Å². The van der Waals surface area contributed by atoms with E-state index in [0.29, 0.717) is 19.3 Å². The molecule has 20 heavy (non-hydrogen) atoms. The van der Waals surface area contributed by atoms with Crippen molar-refractivity contribution in [1.29, 1.82) is 0 Å². The summed E-state index contributed by atoms with van der Waals surface area (Å²) in [5.41, 5.74) is 2.84. The molecule has 0 bridgehead atoms. The summed E-state index contributed by atoms with van der Waals surface area (Å²) in [6.45, 7) is 0.874. The number of fused-ring (bicyclic) bond motifs is 1. The highest BCUT2D eigenvalue weighted by Gasteiger charge is 2.39. The lowest BCUT2D eigenvalue weighted by Crippen LogP contribution is -2.48. The summed E-state index contributed by atoms with van der Waals surface area (Å²) < 4.78 is 5.39.